The molecule has 1 aromatic heterocycles. The molecule has 0 amide bonds. The summed E-state index contributed by atoms with van der Waals surface area (Å²) in [5.41, 5.74) is 0.880. The van der Waals surface area contributed by atoms with Gasteiger partial charge < -0.3 is 9.84 Å². The van der Waals surface area contributed by atoms with Gasteiger partial charge in [-0.05, 0) is 24.0 Å². The average Bonchev–Trinajstić information content (AvgIpc) is 2.43. The summed E-state index contributed by atoms with van der Waals surface area (Å²) >= 11 is 0. The first-order valence-electron chi connectivity index (χ1n) is 6.89. The van der Waals surface area contributed by atoms with Crippen LogP contribution in [0.25, 0.3) is 0 Å². The quantitative estimate of drug-likeness (QED) is 0.765. The molecule has 18 heavy (non-hydrogen) atoms. The molecule has 0 saturated carbocycles. The van der Waals surface area contributed by atoms with E-state index in [0.717, 1.165) is 18.4 Å². The molecule has 0 spiro atoms. The average molecular weight is 251 g/mol. The van der Waals surface area contributed by atoms with Crippen LogP contribution in [0.15, 0.2) is 18.3 Å². The molecule has 1 heterocycles. The molecule has 1 rings (SSSR count). The molecular weight excluding hydrogens is 226 g/mol. The standard InChI is InChI=1S/C15H25NO2/c1-4-6-7-12(5-2)10-14(17)13-8-9-15(18-3)16-11-13/h8-9,11-12,14,17H,4-7,10H2,1-3H3. The maximum Gasteiger partial charge on any atom is 0.212 e. The Morgan fingerprint density at radius 2 is 2.11 bits per heavy atom. The fraction of sp³-hybridized carbons (Fsp3) is 0.667. The lowest BCUT2D eigenvalue weighted by Gasteiger charge is -2.18. The molecular formula is C15H25NO2. The molecule has 2 unspecified atom stereocenters. The molecule has 0 aliphatic heterocycles. The minimum absolute atomic E-state index is 0.412. The number of ether oxygens (including phenoxy) is 1. The zero-order valence-electron chi connectivity index (χ0n) is 11.7. The number of aliphatic hydroxyl groups excluding tert-OH is 1. The maximum absolute atomic E-state index is 10.2. The van der Waals surface area contributed by atoms with Gasteiger partial charge >= 0.3 is 0 Å². The predicted molar refractivity (Wildman–Crippen MR) is 73.7 cm³/mol. The Bertz CT molecular complexity index is 324. The van der Waals surface area contributed by atoms with E-state index in [2.05, 4.69) is 18.8 Å². The molecule has 0 aromatic carbocycles. The molecule has 0 bridgehead atoms. The molecule has 2 atom stereocenters. The lowest BCUT2D eigenvalue weighted by molar-refractivity contribution is 0.138. The van der Waals surface area contributed by atoms with Crippen molar-refractivity contribution in [2.24, 2.45) is 5.92 Å². The van der Waals surface area contributed by atoms with E-state index in [-0.39, 0.29) is 0 Å². The lowest BCUT2D eigenvalue weighted by Crippen LogP contribution is -2.07. The molecule has 1 aromatic rings. The van der Waals surface area contributed by atoms with Crippen molar-refractivity contribution < 1.29 is 9.84 Å². The third-order valence-electron chi connectivity index (χ3n) is 3.45. The van der Waals surface area contributed by atoms with Crippen molar-refractivity contribution in [3.63, 3.8) is 0 Å². The first kappa shape index (κ1) is 15.0. The number of methoxy groups -OCH3 is 1. The van der Waals surface area contributed by atoms with Gasteiger partial charge in [-0.3, -0.25) is 0 Å². The number of hydrogen-bond donors (Lipinski definition) is 1. The van der Waals surface area contributed by atoms with Crippen molar-refractivity contribution in [1.29, 1.82) is 0 Å². The second-order valence-electron chi connectivity index (χ2n) is 4.80. The number of pyridine rings is 1. The molecule has 0 aliphatic carbocycles. The molecule has 3 heteroatoms. The highest BCUT2D eigenvalue weighted by molar-refractivity contribution is 5.19. The Labute approximate surface area is 110 Å². The Morgan fingerprint density at radius 1 is 1.33 bits per heavy atom. The summed E-state index contributed by atoms with van der Waals surface area (Å²) in [5.74, 6) is 1.19. The molecule has 0 saturated heterocycles. The summed E-state index contributed by atoms with van der Waals surface area (Å²) in [6.07, 6.45) is 6.91. The summed E-state index contributed by atoms with van der Waals surface area (Å²) < 4.78 is 5.01. The Balaban J connectivity index is 2.53. The van der Waals surface area contributed by atoms with Crippen molar-refractivity contribution >= 4 is 0 Å². The van der Waals surface area contributed by atoms with Crippen LogP contribution in [0.1, 0.15) is 57.6 Å². The highest BCUT2D eigenvalue weighted by Crippen LogP contribution is 2.26. The van der Waals surface area contributed by atoms with Crippen LogP contribution in [0.3, 0.4) is 0 Å². The number of aliphatic hydroxyl groups is 1. The second-order valence-corrected chi connectivity index (χ2v) is 4.80. The first-order chi connectivity index (χ1) is 8.71. The lowest BCUT2D eigenvalue weighted by atomic mass is 9.91. The van der Waals surface area contributed by atoms with Crippen molar-refractivity contribution in [1.82, 2.24) is 4.98 Å². The van der Waals surface area contributed by atoms with Crippen LogP contribution in [-0.4, -0.2) is 17.2 Å². The van der Waals surface area contributed by atoms with Gasteiger partial charge in [0, 0.05) is 12.3 Å². The number of nitrogens with zero attached hydrogens (tertiary/aromatic N) is 1. The molecule has 0 aliphatic rings. The molecule has 0 radical (unpaired) electrons. The van der Waals surface area contributed by atoms with Gasteiger partial charge in [-0.15, -0.1) is 0 Å². The van der Waals surface area contributed by atoms with Gasteiger partial charge in [-0.2, -0.15) is 0 Å². The zero-order chi connectivity index (χ0) is 13.4. The van der Waals surface area contributed by atoms with Crippen molar-refractivity contribution in [2.75, 3.05) is 7.11 Å². The largest absolute Gasteiger partial charge is 0.481 e. The Hall–Kier alpha value is -1.09. The number of unbranched alkanes of at least 4 members (excludes halogenated alkanes) is 1. The van der Waals surface area contributed by atoms with E-state index in [4.69, 9.17) is 4.74 Å². The van der Waals surface area contributed by atoms with Crippen LogP contribution in [0.4, 0.5) is 0 Å². The van der Waals surface area contributed by atoms with Crippen LogP contribution < -0.4 is 4.74 Å². The van der Waals surface area contributed by atoms with E-state index in [1.807, 2.05) is 6.07 Å². The molecule has 102 valence electrons. The van der Waals surface area contributed by atoms with Gasteiger partial charge in [0.25, 0.3) is 0 Å². The predicted octanol–water partition coefficient (Wildman–Crippen LogP) is 3.73. The van der Waals surface area contributed by atoms with Crippen molar-refractivity contribution in [2.45, 2.75) is 52.1 Å². The van der Waals surface area contributed by atoms with Crippen LogP contribution in [0.5, 0.6) is 5.88 Å². The fourth-order valence-electron chi connectivity index (χ4n) is 2.14. The third-order valence-corrected chi connectivity index (χ3v) is 3.45. The molecule has 0 fully saturated rings. The SMILES string of the molecule is CCCCC(CC)CC(O)c1ccc(OC)nc1. The number of hydrogen-bond acceptors (Lipinski definition) is 3. The van der Waals surface area contributed by atoms with E-state index >= 15 is 0 Å². The van der Waals surface area contributed by atoms with E-state index in [1.165, 1.54) is 19.3 Å². The summed E-state index contributed by atoms with van der Waals surface area (Å²) in [4.78, 5) is 4.13. The van der Waals surface area contributed by atoms with Crippen LogP contribution in [0.2, 0.25) is 0 Å². The molecule has 1 N–H and O–H groups in total. The minimum Gasteiger partial charge on any atom is -0.481 e. The Kier molecular flexibility index (Phi) is 6.73. The number of aromatic nitrogens is 1. The van der Waals surface area contributed by atoms with Gasteiger partial charge in [0.15, 0.2) is 0 Å². The van der Waals surface area contributed by atoms with Crippen LogP contribution in [0, 0.1) is 5.92 Å². The van der Waals surface area contributed by atoms with E-state index in [9.17, 15) is 5.11 Å². The highest BCUT2D eigenvalue weighted by Gasteiger charge is 2.14. The third kappa shape index (κ3) is 4.65. The second kappa shape index (κ2) is 8.09. The summed E-state index contributed by atoms with van der Waals surface area (Å²) in [7, 11) is 1.59. The van der Waals surface area contributed by atoms with Gasteiger partial charge in [-0.1, -0.05) is 39.5 Å². The topological polar surface area (TPSA) is 42.4 Å². The fourth-order valence-corrected chi connectivity index (χ4v) is 2.14. The molecule has 3 nitrogen and oxygen atoms in total. The smallest absolute Gasteiger partial charge is 0.212 e. The Morgan fingerprint density at radius 3 is 2.61 bits per heavy atom. The van der Waals surface area contributed by atoms with Crippen LogP contribution in [-0.2, 0) is 0 Å². The zero-order valence-corrected chi connectivity index (χ0v) is 11.7. The van der Waals surface area contributed by atoms with Crippen molar-refractivity contribution in [3.8, 4) is 5.88 Å². The van der Waals surface area contributed by atoms with Gasteiger partial charge in [-0.25, -0.2) is 4.98 Å². The van der Waals surface area contributed by atoms with Crippen molar-refractivity contribution in [3.05, 3.63) is 23.9 Å². The monoisotopic (exact) mass is 251 g/mol. The van der Waals surface area contributed by atoms with E-state index in [0.29, 0.717) is 11.8 Å². The first-order valence-corrected chi connectivity index (χ1v) is 6.89. The van der Waals surface area contributed by atoms with Gasteiger partial charge in [0.1, 0.15) is 0 Å². The summed E-state index contributed by atoms with van der Waals surface area (Å²) in [5, 5.41) is 10.2. The van der Waals surface area contributed by atoms with Gasteiger partial charge in [0.05, 0.1) is 13.2 Å². The van der Waals surface area contributed by atoms with E-state index < -0.39 is 6.10 Å². The van der Waals surface area contributed by atoms with Gasteiger partial charge in [0.2, 0.25) is 5.88 Å². The summed E-state index contributed by atoms with van der Waals surface area (Å²) in [6, 6.07) is 3.69. The van der Waals surface area contributed by atoms with Crippen LogP contribution >= 0.6 is 0 Å². The normalized spacial score (nSPS) is 14.2. The maximum atomic E-state index is 10.2. The van der Waals surface area contributed by atoms with E-state index in [1.54, 1.807) is 19.4 Å². The minimum atomic E-state index is -0.412. The summed E-state index contributed by atoms with van der Waals surface area (Å²) in [6.45, 7) is 4.40. The number of rotatable bonds is 8. The highest BCUT2D eigenvalue weighted by atomic mass is 16.5.